The molecular formula is C39H34F2N4O5S2. The number of pyridine rings is 1. The lowest BCUT2D eigenvalue weighted by Crippen LogP contribution is -2.59. The lowest BCUT2D eigenvalue weighted by molar-refractivity contribution is -0.000513. The molecule has 3 aromatic heterocycles. The van der Waals surface area contributed by atoms with Gasteiger partial charge in [0.25, 0.3) is 11.8 Å². The van der Waals surface area contributed by atoms with Crippen LogP contribution in [0.2, 0.25) is 0 Å². The largest absolute Gasteiger partial charge is 0.495 e. The van der Waals surface area contributed by atoms with Crippen LogP contribution in [0.1, 0.15) is 54.4 Å². The number of rotatable bonds is 8. The van der Waals surface area contributed by atoms with Gasteiger partial charge in [-0.3, -0.25) is 14.4 Å². The first-order valence-electron chi connectivity index (χ1n) is 17.0. The first-order valence-corrected chi connectivity index (χ1v) is 18.7. The van der Waals surface area contributed by atoms with E-state index < -0.39 is 11.6 Å². The number of amides is 2. The quantitative estimate of drug-likeness (QED) is 0.163. The number of nitrogens with one attached hydrogen (secondary N) is 1. The van der Waals surface area contributed by atoms with Crippen molar-refractivity contribution >= 4 is 57.5 Å². The van der Waals surface area contributed by atoms with Crippen LogP contribution >= 0.6 is 22.7 Å². The Morgan fingerprint density at radius 1 is 1.00 bits per heavy atom. The molecule has 52 heavy (non-hydrogen) atoms. The van der Waals surface area contributed by atoms with Gasteiger partial charge in [-0.15, -0.1) is 22.7 Å². The maximum absolute atomic E-state index is 14.2. The molecule has 5 aromatic rings. The third-order valence-electron chi connectivity index (χ3n) is 10.1. The predicted molar refractivity (Wildman–Crippen MR) is 197 cm³/mol. The van der Waals surface area contributed by atoms with Crippen molar-refractivity contribution in [2.24, 2.45) is 5.41 Å². The van der Waals surface area contributed by atoms with Crippen LogP contribution in [0, 0.1) is 17.0 Å². The third kappa shape index (κ3) is 6.37. The van der Waals surface area contributed by atoms with E-state index in [-0.39, 0.29) is 35.0 Å². The molecule has 0 atom stereocenters. The van der Waals surface area contributed by atoms with Crippen LogP contribution < -0.4 is 19.9 Å². The number of methoxy groups -OCH3 is 1. The first-order chi connectivity index (χ1) is 25.2. The van der Waals surface area contributed by atoms with Gasteiger partial charge in [-0.25, -0.2) is 13.8 Å². The summed E-state index contributed by atoms with van der Waals surface area (Å²) in [5.41, 5.74) is 2.99. The van der Waals surface area contributed by atoms with Gasteiger partial charge < -0.3 is 24.6 Å². The molecule has 0 bridgehead atoms. The average Bonchev–Trinajstić information content (AvgIpc) is 3.77. The van der Waals surface area contributed by atoms with Crippen molar-refractivity contribution in [1.29, 1.82) is 0 Å². The molecular weight excluding hydrogens is 707 g/mol. The Labute approximate surface area is 306 Å². The Bertz CT molecular complexity index is 2170. The number of anilines is 3. The molecule has 2 fully saturated rings. The molecule has 0 unspecified atom stereocenters. The molecule has 3 aliphatic rings. The van der Waals surface area contributed by atoms with Crippen LogP contribution in [0.4, 0.5) is 26.0 Å². The van der Waals surface area contributed by atoms with Gasteiger partial charge in [0.2, 0.25) is 0 Å². The summed E-state index contributed by atoms with van der Waals surface area (Å²) < 4.78 is 39.4. The molecule has 2 amide bonds. The number of thiophene rings is 2. The predicted octanol–water partition coefficient (Wildman–Crippen LogP) is 7.66. The summed E-state index contributed by atoms with van der Waals surface area (Å²) in [6, 6.07) is 15.7. The summed E-state index contributed by atoms with van der Waals surface area (Å²) in [5.74, 6) is -1.28. The van der Waals surface area contributed by atoms with Crippen molar-refractivity contribution < 1.29 is 32.6 Å². The minimum Gasteiger partial charge on any atom is -0.495 e. The molecule has 2 aromatic carbocycles. The monoisotopic (exact) mass is 740 g/mol. The SMILES string of the molecule is COc1cnc(N2CC3(CCOCC3)C2)c(C(=O)Nc2ccc(C(=O)N3CCc4cc(C(=O)Cc5c(F)cccc5F)sc4-c4sccc43)cc2)c1. The molecule has 0 saturated carbocycles. The molecule has 1 spiro atoms. The fourth-order valence-corrected chi connectivity index (χ4v) is 9.43. The fourth-order valence-electron chi connectivity index (χ4n) is 7.19. The van der Waals surface area contributed by atoms with Gasteiger partial charge in [-0.1, -0.05) is 6.07 Å². The zero-order valence-corrected chi connectivity index (χ0v) is 29.9. The molecule has 8 rings (SSSR count). The highest BCUT2D eigenvalue weighted by Gasteiger charge is 2.45. The minimum absolute atomic E-state index is 0.196. The maximum atomic E-state index is 14.2. The van der Waals surface area contributed by atoms with Crippen LogP contribution in [0.25, 0.3) is 9.75 Å². The number of fused-ring (bicyclic) bond motifs is 3. The van der Waals surface area contributed by atoms with E-state index >= 15 is 0 Å². The molecule has 0 radical (unpaired) electrons. The summed E-state index contributed by atoms with van der Waals surface area (Å²) in [5, 5.41) is 4.87. The topological polar surface area (TPSA) is 101 Å². The average molecular weight is 741 g/mol. The third-order valence-corrected chi connectivity index (χ3v) is 12.4. The molecule has 13 heteroatoms. The molecule has 2 saturated heterocycles. The standard InChI is InChI=1S/C39H34F2N4O5S2/c1-49-26-18-28(36(42-20-26)44-21-39(22-44)11-14-50-15-12-39)37(47)43-25-7-5-23(6-8-25)38(48)45-13-9-24-17-33(52-34(24)35-31(45)10-16-51-35)32(46)19-27-29(40)3-2-4-30(27)41/h2-8,10,16-18,20H,9,11-15,19,21-22H2,1H3,(H,43,47). The molecule has 3 aliphatic heterocycles. The number of ether oxygens (including phenoxy) is 2. The summed E-state index contributed by atoms with van der Waals surface area (Å²) in [6.45, 7) is 3.52. The Morgan fingerprint density at radius 2 is 1.75 bits per heavy atom. The summed E-state index contributed by atoms with van der Waals surface area (Å²) in [7, 11) is 1.54. The summed E-state index contributed by atoms with van der Waals surface area (Å²) >= 11 is 2.75. The minimum atomic E-state index is -0.745. The van der Waals surface area contributed by atoms with Gasteiger partial charge >= 0.3 is 0 Å². The Hall–Kier alpha value is -4.98. The van der Waals surface area contributed by atoms with Crippen LogP contribution in [-0.2, 0) is 17.6 Å². The van der Waals surface area contributed by atoms with Crippen molar-refractivity contribution in [2.45, 2.75) is 25.7 Å². The van der Waals surface area contributed by atoms with E-state index in [4.69, 9.17) is 9.47 Å². The van der Waals surface area contributed by atoms with Gasteiger partial charge in [-0.2, -0.15) is 0 Å². The number of ketones is 1. The van der Waals surface area contributed by atoms with E-state index in [9.17, 15) is 23.2 Å². The number of aromatic nitrogens is 1. The van der Waals surface area contributed by atoms with Gasteiger partial charge in [0.1, 0.15) is 23.2 Å². The normalized spacial score (nSPS) is 16.1. The highest BCUT2D eigenvalue weighted by molar-refractivity contribution is 7.23. The smallest absolute Gasteiger partial charge is 0.259 e. The molecule has 266 valence electrons. The number of benzene rings is 2. The number of carbonyl (C=O) groups is 3. The summed E-state index contributed by atoms with van der Waals surface area (Å²) in [6.07, 6.45) is 3.74. The lowest BCUT2D eigenvalue weighted by atomic mass is 9.73. The number of hydrogen-bond acceptors (Lipinski definition) is 9. The van der Waals surface area contributed by atoms with Crippen LogP contribution in [0.15, 0.2) is 72.2 Å². The zero-order valence-electron chi connectivity index (χ0n) is 28.2. The fraction of sp³-hybridized carbons (Fsp3) is 0.282. The van der Waals surface area contributed by atoms with Crippen LogP contribution in [-0.4, -0.2) is 62.5 Å². The van der Waals surface area contributed by atoms with Crippen molar-refractivity contribution in [3.05, 3.63) is 111 Å². The van der Waals surface area contributed by atoms with E-state index in [2.05, 4.69) is 15.2 Å². The van der Waals surface area contributed by atoms with Gasteiger partial charge in [-0.05, 0) is 84.8 Å². The number of halogens is 2. The first kappa shape index (κ1) is 34.1. The summed E-state index contributed by atoms with van der Waals surface area (Å²) in [4.78, 5) is 51.3. The maximum Gasteiger partial charge on any atom is 0.259 e. The van der Waals surface area contributed by atoms with Crippen LogP contribution in [0.5, 0.6) is 5.75 Å². The second-order valence-electron chi connectivity index (χ2n) is 13.4. The number of hydrogen-bond donors (Lipinski definition) is 1. The second kappa shape index (κ2) is 13.9. The molecule has 0 aliphatic carbocycles. The van der Waals surface area contributed by atoms with Gasteiger partial charge in [0, 0.05) is 61.5 Å². The zero-order chi connectivity index (χ0) is 36.0. The van der Waals surface area contributed by atoms with E-state index in [1.165, 1.54) is 35.8 Å². The number of nitrogens with zero attached hydrogens (tertiary/aromatic N) is 3. The van der Waals surface area contributed by atoms with E-state index in [0.29, 0.717) is 46.2 Å². The molecule has 6 heterocycles. The number of Topliss-reactive ketones (excluding diaryl/α,β-unsaturated/α-hetero) is 1. The van der Waals surface area contributed by atoms with Gasteiger partial charge in [0.05, 0.1) is 39.2 Å². The van der Waals surface area contributed by atoms with E-state index in [0.717, 1.165) is 72.3 Å². The van der Waals surface area contributed by atoms with Crippen LogP contribution in [0.3, 0.4) is 0 Å². The molecule has 9 nitrogen and oxygen atoms in total. The highest BCUT2D eigenvalue weighted by Crippen LogP contribution is 2.46. The lowest BCUT2D eigenvalue weighted by Gasteiger charge is -2.53. The molecule has 1 N–H and O–H groups in total. The van der Waals surface area contributed by atoms with Gasteiger partial charge in [0.15, 0.2) is 5.78 Å². The Kier molecular flexibility index (Phi) is 9.10. The second-order valence-corrected chi connectivity index (χ2v) is 15.3. The Balaban J connectivity index is 0.965. The van der Waals surface area contributed by atoms with Crippen molar-refractivity contribution in [1.82, 2.24) is 4.98 Å². The van der Waals surface area contributed by atoms with Crippen molar-refractivity contribution in [3.8, 4) is 15.5 Å². The van der Waals surface area contributed by atoms with Crippen molar-refractivity contribution in [3.63, 3.8) is 0 Å². The Morgan fingerprint density at radius 3 is 2.48 bits per heavy atom. The van der Waals surface area contributed by atoms with E-state index in [1.54, 1.807) is 47.5 Å². The van der Waals surface area contributed by atoms with Crippen molar-refractivity contribution in [2.75, 3.05) is 55.1 Å². The number of carbonyl (C=O) groups excluding carboxylic acids is 3. The highest BCUT2D eigenvalue weighted by atomic mass is 32.1. The van der Waals surface area contributed by atoms with E-state index in [1.807, 2.05) is 11.4 Å².